The highest BCUT2D eigenvalue weighted by Gasteiger charge is 2.17. The van der Waals surface area contributed by atoms with Crippen LogP contribution in [0.4, 0.5) is 8.78 Å². The molecule has 1 aromatic carbocycles. The van der Waals surface area contributed by atoms with Crippen molar-refractivity contribution in [2.75, 3.05) is 7.05 Å². The van der Waals surface area contributed by atoms with E-state index in [4.69, 9.17) is 4.42 Å². The van der Waals surface area contributed by atoms with Gasteiger partial charge in [-0.1, -0.05) is 0 Å². The molecule has 1 heterocycles. The third kappa shape index (κ3) is 2.53. The molecule has 0 bridgehead atoms. The van der Waals surface area contributed by atoms with Gasteiger partial charge >= 0.3 is 0 Å². The van der Waals surface area contributed by atoms with Crippen molar-refractivity contribution in [3.63, 3.8) is 0 Å². The van der Waals surface area contributed by atoms with Gasteiger partial charge in [0.1, 0.15) is 23.2 Å². The minimum Gasteiger partial charge on any atom is -0.464 e. The van der Waals surface area contributed by atoms with E-state index in [0.29, 0.717) is 11.3 Å². The molecule has 0 amide bonds. The zero-order chi connectivity index (χ0) is 12.4. The lowest BCUT2D eigenvalue weighted by Gasteiger charge is -2.14. The van der Waals surface area contributed by atoms with Gasteiger partial charge in [0.2, 0.25) is 0 Å². The normalized spacial score (nSPS) is 12.7. The number of halogens is 2. The van der Waals surface area contributed by atoms with Crippen LogP contribution in [-0.4, -0.2) is 7.05 Å². The van der Waals surface area contributed by atoms with Crippen molar-refractivity contribution in [2.24, 2.45) is 0 Å². The van der Waals surface area contributed by atoms with Gasteiger partial charge in [0.25, 0.3) is 0 Å². The second-order valence-electron chi connectivity index (χ2n) is 3.87. The van der Waals surface area contributed by atoms with Crippen molar-refractivity contribution >= 4 is 0 Å². The lowest BCUT2D eigenvalue weighted by Crippen LogP contribution is -2.17. The average molecular weight is 237 g/mol. The lowest BCUT2D eigenvalue weighted by molar-refractivity contribution is 0.442. The summed E-state index contributed by atoms with van der Waals surface area (Å²) in [6, 6.07) is 6.69. The smallest absolute Gasteiger partial charge is 0.126 e. The van der Waals surface area contributed by atoms with Crippen LogP contribution in [0.5, 0.6) is 0 Å². The van der Waals surface area contributed by atoms with Crippen LogP contribution in [-0.2, 0) is 0 Å². The Bertz CT molecular complexity index is 502. The summed E-state index contributed by atoms with van der Waals surface area (Å²) in [6.07, 6.45) is 0. The Hall–Kier alpha value is -1.68. The fourth-order valence-corrected chi connectivity index (χ4v) is 1.82. The quantitative estimate of drug-likeness (QED) is 0.887. The molecule has 2 nitrogen and oxygen atoms in total. The van der Waals surface area contributed by atoms with Gasteiger partial charge in [0, 0.05) is 6.07 Å². The number of hydrogen-bond acceptors (Lipinski definition) is 2. The van der Waals surface area contributed by atoms with Crippen LogP contribution < -0.4 is 5.32 Å². The van der Waals surface area contributed by atoms with Crippen LogP contribution in [0.25, 0.3) is 0 Å². The molecule has 1 atom stereocenters. The summed E-state index contributed by atoms with van der Waals surface area (Å²) >= 11 is 0. The van der Waals surface area contributed by atoms with Crippen molar-refractivity contribution in [3.05, 3.63) is 59.1 Å². The molecule has 1 aromatic heterocycles. The summed E-state index contributed by atoms with van der Waals surface area (Å²) in [5.41, 5.74) is 0.499. The molecule has 4 heteroatoms. The molecular weight excluding hydrogens is 224 g/mol. The molecule has 0 saturated heterocycles. The Balaban J connectivity index is 2.41. The van der Waals surface area contributed by atoms with E-state index in [2.05, 4.69) is 5.32 Å². The van der Waals surface area contributed by atoms with E-state index in [9.17, 15) is 8.78 Å². The monoisotopic (exact) mass is 237 g/mol. The number of nitrogens with one attached hydrogen (secondary N) is 1. The maximum Gasteiger partial charge on any atom is 0.126 e. The molecule has 0 fully saturated rings. The van der Waals surface area contributed by atoms with Gasteiger partial charge in [0.15, 0.2) is 0 Å². The van der Waals surface area contributed by atoms with Crippen molar-refractivity contribution in [1.82, 2.24) is 5.32 Å². The molecule has 0 aliphatic rings. The second kappa shape index (κ2) is 4.67. The highest BCUT2D eigenvalue weighted by atomic mass is 19.1. The van der Waals surface area contributed by atoms with Gasteiger partial charge in [-0.15, -0.1) is 0 Å². The van der Waals surface area contributed by atoms with Crippen molar-refractivity contribution in [3.8, 4) is 0 Å². The Morgan fingerprint density at radius 2 is 1.76 bits per heavy atom. The SMILES string of the molecule is CNC(c1cc(F)cc(F)c1)c1ccc(C)o1. The van der Waals surface area contributed by atoms with Crippen molar-refractivity contribution in [2.45, 2.75) is 13.0 Å². The van der Waals surface area contributed by atoms with Crippen LogP contribution in [0.2, 0.25) is 0 Å². The maximum absolute atomic E-state index is 13.1. The molecule has 2 aromatic rings. The zero-order valence-electron chi connectivity index (χ0n) is 9.63. The van der Waals surface area contributed by atoms with E-state index in [-0.39, 0.29) is 6.04 Å². The fourth-order valence-electron chi connectivity index (χ4n) is 1.82. The Morgan fingerprint density at radius 3 is 2.24 bits per heavy atom. The lowest BCUT2D eigenvalue weighted by atomic mass is 10.0. The third-order valence-electron chi connectivity index (χ3n) is 2.55. The molecule has 17 heavy (non-hydrogen) atoms. The number of rotatable bonds is 3. The first-order valence-corrected chi connectivity index (χ1v) is 5.29. The van der Waals surface area contributed by atoms with Crippen LogP contribution in [0.1, 0.15) is 23.1 Å². The van der Waals surface area contributed by atoms with E-state index in [0.717, 1.165) is 11.8 Å². The highest BCUT2D eigenvalue weighted by Crippen LogP contribution is 2.24. The van der Waals surface area contributed by atoms with E-state index in [1.807, 2.05) is 13.0 Å². The van der Waals surface area contributed by atoms with Crippen LogP contribution >= 0.6 is 0 Å². The van der Waals surface area contributed by atoms with Crippen LogP contribution in [0.15, 0.2) is 34.7 Å². The first-order chi connectivity index (χ1) is 8.10. The summed E-state index contributed by atoms with van der Waals surface area (Å²) in [4.78, 5) is 0. The zero-order valence-corrected chi connectivity index (χ0v) is 9.63. The largest absolute Gasteiger partial charge is 0.464 e. The molecule has 2 rings (SSSR count). The average Bonchev–Trinajstić information content (AvgIpc) is 2.64. The van der Waals surface area contributed by atoms with Gasteiger partial charge in [-0.3, -0.25) is 0 Å². The Kier molecular flexibility index (Phi) is 3.24. The summed E-state index contributed by atoms with van der Waals surface area (Å²) in [5.74, 6) is 0.208. The predicted molar refractivity (Wildman–Crippen MR) is 60.7 cm³/mol. The van der Waals surface area contributed by atoms with Crippen LogP contribution in [0, 0.1) is 18.6 Å². The summed E-state index contributed by atoms with van der Waals surface area (Å²) in [6.45, 7) is 1.82. The van der Waals surface area contributed by atoms with Crippen molar-refractivity contribution in [1.29, 1.82) is 0 Å². The molecule has 0 radical (unpaired) electrons. The molecule has 0 aliphatic heterocycles. The van der Waals surface area contributed by atoms with Gasteiger partial charge < -0.3 is 9.73 Å². The van der Waals surface area contributed by atoms with Gasteiger partial charge in [0.05, 0.1) is 6.04 Å². The highest BCUT2D eigenvalue weighted by molar-refractivity contribution is 5.28. The first-order valence-electron chi connectivity index (χ1n) is 5.29. The minimum atomic E-state index is -0.594. The Morgan fingerprint density at radius 1 is 1.12 bits per heavy atom. The number of hydrogen-bond donors (Lipinski definition) is 1. The molecule has 90 valence electrons. The molecule has 0 saturated carbocycles. The summed E-state index contributed by atoms with van der Waals surface area (Å²) in [5, 5.41) is 2.98. The van der Waals surface area contributed by atoms with Gasteiger partial charge in [-0.25, -0.2) is 8.78 Å². The van der Waals surface area contributed by atoms with E-state index < -0.39 is 11.6 Å². The predicted octanol–water partition coefficient (Wildman–Crippen LogP) is 3.18. The standard InChI is InChI=1S/C13H13F2NO/c1-8-3-4-12(17-8)13(16-2)9-5-10(14)7-11(15)6-9/h3-7,13,16H,1-2H3. The molecular formula is C13H13F2NO. The van der Waals surface area contributed by atoms with Crippen molar-refractivity contribution < 1.29 is 13.2 Å². The van der Waals surface area contributed by atoms with Gasteiger partial charge in [-0.2, -0.15) is 0 Å². The topological polar surface area (TPSA) is 25.2 Å². The van der Waals surface area contributed by atoms with Gasteiger partial charge in [-0.05, 0) is 43.8 Å². The number of aryl methyl sites for hydroxylation is 1. The molecule has 0 aliphatic carbocycles. The second-order valence-corrected chi connectivity index (χ2v) is 3.87. The van der Waals surface area contributed by atoms with E-state index >= 15 is 0 Å². The third-order valence-corrected chi connectivity index (χ3v) is 2.55. The summed E-state index contributed by atoms with van der Waals surface area (Å²) in [7, 11) is 1.71. The first kappa shape index (κ1) is 11.8. The minimum absolute atomic E-state index is 0.353. The molecule has 1 unspecified atom stereocenters. The fraction of sp³-hybridized carbons (Fsp3) is 0.231. The molecule has 0 spiro atoms. The van der Waals surface area contributed by atoms with E-state index in [1.54, 1.807) is 13.1 Å². The summed E-state index contributed by atoms with van der Waals surface area (Å²) < 4.78 is 31.8. The van der Waals surface area contributed by atoms with Crippen LogP contribution in [0.3, 0.4) is 0 Å². The Labute approximate surface area is 98.3 Å². The molecule has 1 N–H and O–H groups in total. The van der Waals surface area contributed by atoms with E-state index in [1.165, 1.54) is 12.1 Å². The number of furan rings is 1. The number of benzene rings is 1. The maximum atomic E-state index is 13.1.